The molecule has 1 heterocycles. The summed E-state index contributed by atoms with van der Waals surface area (Å²) in [5, 5.41) is 3.07. The lowest BCUT2D eigenvalue weighted by atomic mass is 10.1. The third-order valence-corrected chi connectivity index (χ3v) is 3.55. The molecule has 2 rings (SSSR count). The molecule has 3 nitrogen and oxygen atoms in total. The van der Waals surface area contributed by atoms with Gasteiger partial charge in [0.2, 0.25) is 0 Å². The molecule has 1 N–H and O–H groups in total. The molecule has 5 heteroatoms. The van der Waals surface area contributed by atoms with Crippen LogP contribution in [0.5, 0.6) is 0 Å². The topological polar surface area (TPSA) is 24.5 Å². The van der Waals surface area contributed by atoms with E-state index in [0.717, 1.165) is 6.54 Å². The predicted molar refractivity (Wildman–Crippen MR) is 76.0 cm³/mol. The van der Waals surface area contributed by atoms with Crippen LogP contribution < -0.4 is 10.2 Å². The molecule has 112 valence electrons. The summed E-state index contributed by atoms with van der Waals surface area (Å²) < 4.78 is 34.0. The van der Waals surface area contributed by atoms with E-state index in [-0.39, 0.29) is 17.8 Å². The molecule has 0 aliphatic carbocycles. The minimum Gasteiger partial charge on any atom is -0.375 e. The number of nitrogens with zero attached hydrogens (tertiary/aromatic N) is 1. The fourth-order valence-electron chi connectivity index (χ4n) is 2.48. The lowest BCUT2D eigenvalue weighted by molar-refractivity contribution is 0.0338. The van der Waals surface area contributed by atoms with Gasteiger partial charge in [-0.3, -0.25) is 0 Å². The second-order valence-electron chi connectivity index (χ2n) is 5.33. The molecule has 0 saturated carbocycles. The minimum atomic E-state index is -0.501. The Kier molecular flexibility index (Phi) is 4.94. The van der Waals surface area contributed by atoms with Crippen molar-refractivity contribution >= 4 is 5.69 Å². The van der Waals surface area contributed by atoms with Crippen LogP contribution in [0, 0.1) is 11.6 Å². The second kappa shape index (κ2) is 6.50. The Morgan fingerprint density at radius 1 is 1.30 bits per heavy atom. The van der Waals surface area contributed by atoms with Crippen LogP contribution in [0.25, 0.3) is 0 Å². The summed E-state index contributed by atoms with van der Waals surface area (Å²) >= 11 is 0. The molecule has 1 saturated heterocycles. The fraction of sp³-hybridized carbons (Fsp3) is 0.600. The molecule has 1 aromatic carbocycles. The van der Waals surface area contributed by atoms with Gasteiger partial charge in [-0.05, 0) is 38.1 Å². The van der Waals surface area contributed by atoms with Crippen molar-refractivity contribution < 1.29 is 13.5 Å². The summed E-state index contributed by atoms with van der Waals surface area (Å²) in [5.41, 5.74) is 0.687. The van der Waals surface area contributed by atoms with Crippen LogP contribution in [0.1, 0.15) is 26.3 Å². The Labute approximate surface area is 118 Å². The van der Waals surface area contributed by atoms with Gasteiger partial charge in [-0.25, -0.2) is 8.78 Å². The molecule has 0 bridgehead atoms. The lowest BCUT2D eigenvalue weighted by Gasteiger charge is -2.38. The molecule has 0 amide bonds. The summed E-state index contributed by atoms with van der Waals surface area (Å²) in [4.78, 5) is 1.76. The SMILES string of the molecule is CCNCc1cc(F)c(N2CC(C)OCC2C)c(F)c1. The van der Waals surface area contributed by atoms with Crippen LogP contribution in [0.15, 0.2) is 12.1 Å². The van der Waals surface area contributed by atoms with E-state index in [1.165, 1.54) is 12.1 Å². The highest BCUT2D eigenvalue weighted by Gasteiger charge is 2.28. The van der Waals surface area contributed by atoms with E-state index in [2.05, 4.69) is 5.32 Å². The average molecular weight is 284 g/mol. The maximum absolute atomic E-state index is 14.3. The van der Waals surface area contributed by atoms with E-state index < -0.39 is 11.6 Å². The van der Waals surface area contributed by atoms with Gasteiger partial charge in [0.25, 0.3) is 0 Å². The minimum absolute atomic E-state index is 0.0218. The number of halogens is 2. The zero-order valence-electron chi connectivity index (χ0n) is 12.2. The molecule has 0 aromatic heterocycles. The number of hydrogen-bond donors (Lipinski definition) is 1. The van der Waals surface area contributed by atoms with Gasteiger partial charge in [-0.1, -0.05) is 6.92 Å². The van der Waals surface area contributed by atoms with Crippen molar-refractivity contribution in [1.82, 2.24) is 5.32 Å². The molecule has 1 aliphatic heterocycles. The van der Waals surface area contributed by atoms with E-state index in [1.807, 2.05) is 20.8 Å². The Morgan fingerprint density at radius 3 is 2.55 bits per heavy atom. The van der Waals surface area contributed by atoms with Gasteiger partial charge in [0.15, 0.2) is 0 Å². The third-order valence-electron chi connectivity index (χ3n) is 3.55. The van der Waals surface area contributed by atoms with E-state index in [1.54, 1.807) is 4.90 Å². The van der Waals surface area contributed by atoms with Crippen LogP contribution >= 0.6 is 0 Å². The molecule has 20 heavy (non-hydrogen) atoms. The van der Waals surface area contributed by atoms with Crippen LogP contribution in [-0.2, 0) is 11.3 Å². The highest BCUT2D eigenvalue weighted by molar-refractivity contribution is 5.52. The Morgan fingerprint density at radius 2 is 1.95 bits per heavy atom. The maximum Gasteiger partial charge on any atom is 0.149 e. The normalized spacial score (nSPS) is 23.1. The van der Waals surface area contributed by atoms with Gasteiger partial charge in [-0.15, -0.1) is 0 Å². The Balaban J connectivity index is 2.27. The molecular weight excluding hydrogens is 262 g/mol. The van der Waals surface area contributed by atoms with E-state index in [0.29, 0.717) is 25.3 Å². The molecule has 1 fully saturated rings. The summed E-state index contributed by atoms with van der Waals surface area (Å²) in [5.74, 6) is -1.00. The highest BCUT2D eigenvalue weighted by atomic mass is 19.1. The van der Waals surface area contributed by atoms with Crippen molar-refractivity contribution in [2.75, 3.05) is 24.6 Å². The number of nitrogens with one attached hydrogen (secondary N) is 1. The molecule has 0 spiro atoms. The van der Waals surface area contributed by atoms with Gasteiger partial charge in [0, 0.05) is 19.1 Å². The smallest absolute Gasteiger partial charge is 0.149 e. The molecule has 2 atom stereocenters. The molecule has 0 radical (unpaired) electrons. The van der Waals surface area contributed by atoms with Crippen molar-refractivity contribution in [3.8, 4) is 0 Å². The van der Waals surface area contributed by atoms with E-state index in [9.17, 15) is 8.78 Å². The fourth-order valence-corrected chi connectivity index (χ4v) is 2.48. The zero-order valence-corrected chi connectivity index (χ0v) is 12.2. The third kappa shape index (κ3) is 3.27. The van der Waals surface area contributed by atoms with Gasteiger partial charge >= 0.3 is 0 Å². The number of rotatable bonds is 4. The second-order valence-corrected chi connectivity index (χ2v) is 5.33. The molecular formula is C15H22F2N2O. The van der Waals surface area contributed by atoms with Crippen molar-refractivity contribution in [1.29, 1.82) is 0 Å². The Bertz CT molecular complexity index is 444. The number of hydrogen-bond acceptors (Lipinski definition) is 3. The molecule has 1 aromatic rings. The Hall–Kier alpha value is -1.20. The van der Waals surface area contributed by atoms with Crippen molar-refractivity contribution in [2.24, 2.45) is 0 Å². The average Bonchev–Trinajstić information content (AvgIpc) is 2.39. The largest absolute Gasteiger partial charge is 0.375 e. The number of morpholine rings is 1. The van der Waals surface area contributed by atoms with Gasteiger partial charge < -0.3 is 15.0 Å². The summed E-state index contributed by atoms with van der Waals surface area (Å²) in [6, 6.07) is 2.79. The van der Waals surface area contributed by atoms with Gasteiger partial charge in [0.1, 0.15) is 17.3 Å². The summed E-state index contributed by atoms with van der Waals surface area (Å²) in [6.07, 6.45) is -0.0218. The zero-order chi connectivity index (χ0) is 14.7. The first kappa shape index (κ1) is 15.2. The standard InChI is InChI=1S/C15H22F2N2O/c1-4-18-7-12-5-13(16)15(14(17)6-12)19-8-11(3)20-9-10(19)2/h5-6,10-11,18H,4,7-9H2,1-3H3. The molecule has 2 unspecified atom stereocenters. The van der Waals surface area contributed by atoms with Crippen LogP contribution in [0.2, 0.25) is 0 Å². The van der Waals surface area contributed by atoms with E-state index >= 15 is 0 Å². The van der Waals surface area contributed by atoms with E-state index in [4.69, 9.17) is 4.74 Å². The highest BCUT2D eigenvalue weighted by Crippen LogP contribution is 2.29. The monoisotopic (exact) mass is 284 g/mol. The van der Waals surface area contributed by atoms with Crippen molar-refractivity contribution in [3.63, 3.8) is 0 Å². The predicted octanol–water partition coefficient (Wildman–Crippen LogP) is 2.69. The summed E-state index contributed by atoms with van der Waals surface area (Å²) in [7, 11) is 0. The summed E-state index contributed by atoms with van der Waals surface area (Å²) in [6.45, 7) is 8.01. The maximum atomic E-state index is 14.3. The number of anilines is 1. The quantitative estimate of drug-likeness (QED) is 0.920. The first-order valence-electron chi connectivity index (χ1n) is 7.09. The molecule has 1 aliphatic rings. The first-order chi connectivity index (χ1) is 9.52. The van der Waals surface area contributed by atoms with Crippen LogP contribution in [-0.4, -0.2) is 31.8 Å². The van der Waals surface area contributed by atoms with Crippen molar-refractivity contribution in [3.05, 3.63) is 29.3 Å². The van der Waals surface area contributed by atoms with Crippen LogP contribution in [0.3, 0.4) is 0 Å². The number of benzene rings is 1. The number of ether oxygens (including phenoxy) is 1. The van der Waals surface area contributed by atoms with Gasteiger partial charge in [0.05, 0.1) is 12.7 Å². The first-order valence-corrected chi connectivity index (χ1v) is 7.09. The van der Waals surface area contributed by atoms with Crippen molar-refractivity contribution in [2.45, 2.75) is 39.5 Å². The lowest BCUT2D eigenvalue weighted by Crippen LogP contribution is -2.48. The van der Waals surface area contributed by atoms with Crippen LogP contribution in [0.4, 0.5) is 14.5 Å². The van der Waals surface area contributed by atoms with Gasteiger partial charge in [-0.2, -0.15) is 0 Å².